The third-order valence-corrected chi connectivity index (χ3v) is 4.47. The van der Waals surface area contributed by atoms with Gasteiger partial charge >= 0.3 is 5.97 Å². The zero-order valence-corrected chi connectivity index (χ0v) is 16.8. The standard InChI is InChI=1S/C23H18N4O5/c28-21(12-11-19-22(29)26-18-5-2-1-4-17(18)25-19)27-24-14-15-7-9-16(10-8-15)32-23(30)20-6-3-13-31-20/h1-10,13-14H,11-12H2,(H,26,29)(H,27,28)/b24-14+. The summed E-state index contributed by atoms with van der Waals surface area (Å²) >= 11 is 0. The van der Waals surface area contributed by atoms with E-state index in [4.69, 9.17) is 9.15 Å². The van der Waals surface area contributed by atoms with Crippen LogP contribution in [-0.4, -0.2) is 28.1 Å². The van der Waals surface area contributed by atoms with Crippen molar-refractivity contribution in [2.24, 2.45) is 5.10 Å². The van der Waals surface area contributed by atoms with Crippen molar-refractivity contribution in [2.75, 3.05) is 0 Å². The highest BCUT2D eigenvalue weighted by Gasteiger charge is 2.11. The van der Waals surface area contributed by atoms with E-state index in [0.29, 0.717) is 28.0 Å². The Balaban J connectivity index is 1.27. The van der Waals surface area contributed by atoms with E-state index in [9.17, 15) is 14.4 Å². The Kier molecular flexibility index (Phi) is 6.17. The number of aromatic amines is 1. The first-order valence-corrected chi connectivity index (χ1v) is 9.74. The number of H-pyrrole nitrogens is 1. The summed E-state index contributed by atoms with van der Waals surface area (Å²) in [4.78, 5) is 43.0. The maximum atomic E-state index is 12.1. The maximum Gasteiger partial charge on any atom is 0.379 e. The molecule has 0 spiro atoms. The number of benzene rings is 2. The number of para-hydroxylation sites is 2. The van der Waals surface area contributed by atoms with Gasteiger partial charge in [0, 0.05) is 12.8 Å². The number of rotatable bonds is 7. The molecule has 9 heteroatoms. The molecule has 0 fully saturated rings. The second-order valence-electron chi connectivity index (χ2n) is 6.76. The van der Waals surface area contributed by atoms with Crippen molar-refractivity contribution >= 4 is 29.1 Å². The van der Waals surface area contributed by atoms with Crippen molar-refractivity contribution in [3.8, 4) is 5.75 Å². The van der Waals surface area contributed by atoms with Crippen molar-refractivity contribution in [1.82, 2.24) is 15.4 Å². The number of fused-ring (bicyclic) bond motifs is 1. The topological polar surface area (TPSA) is 127 Å². The smallest absolute Gasteiger partial charge is 0.379 e. The predicted octanol–water partition coefficient (Wildman–Crippen LogP) is 2.82. The second kappa shape index (κ2) is 9.52. The van der Waals surface area contributed by atoms with Gasteiger partial charge in [0.15, 0.2) is 0 Å². The van der Waals surface area contributed by atoms with E-state index in [0.717, 1.165) is 0 Å². The zero-order valence-electron chi connectivity index (χ0n) is 16.8. The summed E-state index contributed by atoms with van der Waals surface area (Å²) in [6.07, 6.45) is 3.10. The van der Waals surface area contributed by atoms with Crippen molar-refractivity contribution in [1.29, 1.82) is 0 Å². The Morgan fingerprint density at radius 1 is 1.09 bits per heavy atom. The van der Waals surface area contributed by atoms with E-state index in [2.05, 4.69) is 20.5 Å². The Bertz CT molecular complexity index is 1320. The van der Waals surface area contributed by atoms with Crippen LogP contribution in [0.2, 0.25) is 0 Å². The molecule has 0 radical (unpaired) electrons. The number of hydrazone groups is 1. The van der Waals surface area contributed by atoms with Gasteiger partial charge in [0.1, 0.15) is 11.4 Å². The van der Waals surface area contributed by atoms with E-state index >= 15 is 0 Å². The number of furan rings is 1. The molecular formula is C23H18N4O5. The molecule has 2 aromatic carbocycles. The number of carbonyl (C=O) groups excluding carboxylic acids is 2. The van der Waals surface area contributed by atoms with Gasteiger partial charge in [-0.15, -0.1) is 0 Å². The van der Waals surface area contributed by atoms with E-state index in [-0.39, 0.29) is 30.1 Å². The van der Waals surface area contributed by atoms with Gasteiger partial charge in [-0.3, -0.25) is 9.59 Å². The van der Waals surface area contributed by atoms with Gasteiger partial charge in [0.05, 0.1) is 23.5 Å². The quantitative estimate of drug-likeness (QED) is 0.201. The van der Waals surface area contributed by atoms with Crippen molar-refractivity contribution in [3.05, 3.63) is 94.3 Å². The molecule has 0 bridgehead atoms. The minimum atomic E-state index is -0.594. The van der Waals surface area contributed by atoms with Crippen LogP contribution in [0.5, 0.6) is 5.75 Å². The number of hydrogen-bond donors (Lipinski definition) is 2. The average Bonchev–Trinajstić information content (AvgIpc) is 3.34. The molecule has 2 N–H and O–H groups in total. The van der Waals surface area contributed by atoms with E-state index in [1.807, 2.05) is 12.1 Å². The molecule has 4 rings (SSSR count). The zero-order chi connectivity index (χ0) is 22.3. The first-order chi connectivity index (χ1) is 15.6. The Morgan fingerprint density at radius 2 is 1.91 bits per heavy atom. The van der Waals surface area contributed by atoms with Crippen molar-refractivity contribution < 1.29 is 18.7 Å². The van der Waals surface area contributed by atoms with Gasteiger partial charge in [-0.2, -0.15) is 5.10 Å². The van der Waals surface area contributed by atoms with Gasteiger partial charge in [0.2, 0.25) is 11.7 Å². The minimum absolute atomic E-state index is 0.0629. The molecule has 0 saturated carbocycles. The summed E-state index contributed by atoms with van der Waals surface area (Å²) in [5.74, 6) is -0.483. The normalized spacial score (nSPS) is 11.0. The highest BCUT2D eigenvalue weighted by Crippen LogP contribution is 2.14. The Hall–Kier alpha value is -4.53. The lowest BCUT2D eigenvalue weighted by Crippen LogP contribution is -2.21. The first-order valence-electron chi connectivity index (χ1n) is 9.74. The number of aryl methyl sites for hydroxylation is 1. The largest absolute Gasteiger partial charge is 0.457 e. The van der Waals surface area contributed by atoms with E-state index in [1.165, 1.54) is 18.5 Å². The highest BCUT2D eigenvalue weighted by atomic mass is 16.5. The third-order valence-electron chi connectivity index (χ3n) is 4.47. The van der Waals surface area contributed by atoms with Crippen LogP contribution in [-0.2, 0) is 11.2 Å². The van der Waals surface area contributed by atoms with Crippen LogP contribution in [0.1, 0.15) is 28.2 Å². The molecule has 0 aliphatic heterocycles. The lowest BCUT2D eigenvalue weighted by atomic mass is 10.2. The molecule has 0 atom stereocenters. The Labute approximate surface area is 181 Å². The van der Waals surface area contributed by atoms with Gasteiger partial charge in [0.25, 0.3) is 5.56 Å². The predicted molar refractivity (Wildman–Crippen MR) is 117 cm³/mol. The number of ether oxygens (including phenoxy) is 1. The summed E-state index contributed by atoms with van der Waals surface area (Å²) in [7, 11) is 0. The molecular weight excluding hydrogens is 412 g/mol. The molecule has 0 unspecified atom stereocenters. The summed E-state index contributed by atoms with van der Waals surface area (Å²) in [6, 6.07) is 16.9. The fourth-order valence-electron chi connectivity index (χ4n) is 2.88. The summed E-state index contributed by atoms with van der Waals surface area (Å²) in [6.45, 7) is 0. The first kappa shape index (κ1) is 20.7. The molecule has 4 aromatic rings. The lowest BCUT2D eigenvalue weighted by molar-refractivity contribution is -0.121. The summed E-state index contributed by atoms with van der Waals surface area (Å²) in [5, 5.41) is 3.90. The summed E-state index contributed by atoms with van der Waals surface area (Å²) in [5.41, 5.74) is 4.40. The number of carbonyl (C=O) groups is 2. The number of aromatic nitrogens is 2. The lowest BCUT2D eigenvalue weighted by Gasteiger charge is -2.03. The average molecular weight is 430 g/mol. The van der Waals surface area contributed by atoms with Crippen molar-refractivity contribution in [3.63, 3.8) is 0 Å². The molecule has 2 heterocycles. The molecule has 32 heavy (non-hydrogen) atoms. The minimum Gasteiger partial charge on any atom is -0.457 e. The van der Waals surface area contributed by atoms with Gasteiger partial charge < -0.3 is 14.1 Å². The molecule has 0 aliphatic carbocycles. The van der Waals surface area contributed by atoms with Crippen molar-refractivity contribution in [2.45, 2.75) is 12.8 Å². The maximum absolute atomic E-state index is 12.1. The van der Waals surface area contributed by atoms with Gasteiger partial charge in [-0.1, -0.05) is 12.1 Å². The van der Waals surface area contributed by atoms with E-state index in [1.54, 1.807) is 42.5 Å². The Morgan fingerprint density at radius 3 is 2.69 bits per heavy atom. The molecule has 2 aromatic heterocycles. The van der Waals surface area contributed by atoms with Crippen LogP contribution in [0.4, 0.5) is 0 Å². The molecule has 0 saturated heterocycles. The van der Waals surface area contributed by atoms with Crippen LogP contribution >= 0.6 is 0 Å². The number of amides is 1. The highest BCUT2D eigenvalue weighted by molar-refractivity contribution is 5.88. The van der Waals surface area contributed by atoms with Crippen LogP contribution < -0.4 is 15.7 Å². The molecule has 9 nitrogen and oxygen atoms in total. The summed E-state index contributed by atoms with van der Waals surface area (Å²) < 4.78 is 10.2. The molecule has 1 amide bonds. The fraction of sp³-hybridized carbons (Fsp3) is 0.0870. The second-order valence-corrected chi connectivity index (χ2v) is 6.76. The van der Waals surface area contributed by atoms with E-state index < -0.39 is 5.97 Å². The van der Waals surface area contributed by atoms with Crippen LogP contribution in [0, 0.1) is 0 Å². The SMILES string of the molecule is O=C(CCc1nc2ccccc2[nH]c1=O)N/N=C/c1ccc(OC(=O)c2ccco2)cc1. The van der Waals surface area contributed by atoms with Gasteiger partial charge in [-0.05, 0) is 54.1 Å². The van der Waals surface area contributed by atoms with Crippen LogP contribution in [0.25, 0.3) is 11.0 Å². The molecule has 160 valence electrons. The number of nitrogens with one attached hydrogen (secondary N) is 2. The number of nitrogens with zero attached hydrogens (tertiary/aromatic N) is 2. The fourth-order valence-corrected chi connectivity index (χ4v) is 2.88. The number of esters is 1. The van der Waals surface area contributed by atoms with Crippen LogP contribution in [0.3, 0.4) is 0 Å². The molecule has 0 aliphatic rings. The third kappa shape index (κ3) is 5.14. The van der Waals surface area contributed by atoms with Gasteiger partial charge in [-0.25, -0.2) is 15.2 Å². The van der Waals surface area contributed by atoms with Crippen LogP contribution in [0.15, 0.2) is 81.2 Å². The monoisotopic (exact) mass is 430 g/mol. The number of hydrogen-bond acceptors (Lipinski definition) is 7.